The predicted molar refractivity (Wildman–Crippen MR) is 120 cm³/mol. The van der Waals surface area contributed by atoms with Crippen LogP contribution < -0.4 is 15.5 Å². The first-order valence-electron chi connectivity index (χ1n) is 11.2. The Morgan fingerprint density at radius 2 is 1.77 bits per heavy atom. The molecule has 0 bridgehead atoms. The molecule has 2 fully saturated rings. The summed E-state index contributed by atoms with van der Waals surface area (Å²) < 4.78 is 38.9. The second kappa shape index (κ2) is 12.1. The molecule has 2 aliphatic rings. The van der Waals surface area contributed by atoms with E-state index < -0.39 is 6.43 Å². The van der Waals surface area contributed by atoms with Crippen LogP contribution in [0.5, 0.6) is 0 Å². The Labute approximate surface area is 183 Å². The molecule has 9 heteroatoms. The van der Waals surface area contributed by atoms with Crippen molar-refractivity contribution in [3.05, 3.63) is 30.1 Å². The van der Waals surface area contributed by atoms with Crippen LogP contribution in [0, 0.1) is 5.82 Å². The van der Waals surface area contributed by atoms with Crippen LogP contribution in [0.2, 0.25) is 0 Å². The minimum Gasteiger partial charge on any atom is -0.367 e. The molecule has 2 heterocycles. The fourth-order valence-corrected chi connectivity index (χ4v) is 4.27. The quantitative estimate of drug-likeness (QED) is 0.369. The molecule has 2 N–H and O–H groups in total. The van der Waals surface area contributed by atoms with Crippen molar-refractivity contribution in [2.24, 2.45) is 4.99 Å². The molecule has 174 valence electrons. The number of hydrogen-bond acceptors (Lipinski definition) is 4. The van der Waals surface area contributed by atoms with Gasteiger partial charge in [0.25, 0.3) is 6.43 Å². The number of piperidine rings is 1. The molecule has 0 aromatic heterocycles. The second-order valence-corrected chi connectivity index (χ2v) is 8.24. The van der Waals surface area contributed by atoms with E-state index in [2.05, 4.69) is 25.4 Å². The molecule has 2 aliphatic heterocycles. The van der Waals surface area contributed by atoms with Crippen molar-refractivity contribution in [2.75, 3.05) is 70.9 Å². The van der Waals surface area contributed by atoms with Crippen molar-refractivity contribution >= 4 is 11.6 Å². The van der Waals surface area contributed by atoms with E-state index in [0.29, 0.717) is 18.8 Å². The molecule has 0 unspecified atom stereocenters. The smallest absolute Gasteiger partial charge is 0.251 e. The van der Waals surface area contributed by atoms with Crippen molar-refractivity contribution in [2.45, 2.75) is 31.7 Å². The Morgan fingerprint density at radius 3 is 2.42 bits per heavy atom. The number of nitrogens with one attached hydrogen (secondary N) is 2. The molecule has 3 rings (SSSR count). The zero-order valence-corrected chi connectivity index (χ0v) is 18.4. The van der Waals surface area contributed by atoms with Gasteiger partial charge in [-0.2, -0.15) is 0 Å². The van der Waals surface area contributed by atoms with Crippen LogP contribution in [0.1, 0.15) is 19.3 Å². The van der Waals surface area contributed by atoms with E-state index >= 15 is 0 Å². The van der Waals surface area contributed by atoms with E-state index in [4.69, 9.17) is 0 Å². The van der Waals surface area contributed by atoms with Gasteiger partial charge in [0.1, 0.15) is 5.82 Å². The maximum Gasteiger partial charge on any atom is 0.251 e. The summed E-state index contributed by atoms with van der Waals surface area (Å²) in [6, 6.07) is 7.23. The molecule has 6 nitrogen and oxygen atoms in total. The average Bonchev–Trinajstić information content (AvgIpc) is 2.77. The maximum atomic E-state index is 14.0. The summed E-state index contributed by atoms with van der Waals surface area (Å²) in [5, 5.41) is 6.78. The number of aliphatic imine (C=N–C) groups is 1. The van der Waals surface area contributed by atoms with Gasteiger partial charge in [0.05, 0.1) is 12.2 Å². The molecule has 0 aliphatic carbocycles. The van der Waals surface area contributed by atoms with Crippen molar-refractivity contribution in [3.8, 4) is 0 Å². The number of benzene rings is 1. The number of para-hydroxylation sites is 1. The summed E-state index contributed by atoms with van der Waals surface area (Å²) >= 11 is 0. The van der Waals surface area contributed by atoms with E-state index in [-0.39, 0.29) is 18.4 Å². The van der Waals surface area contributed by atoms with Gasteiger partial charge >= 0.3 is 0 Å². The number of halogens is 3. The maximum absolute atomic E-state index is 14.0. The Balaban J connectivity index is 1.29. The highest BCUT2D eigenvalue weighted by Gasteiger charge is 2.22. The Bertz CT molecular complexity index is 686. The molecule has 1 aromatic rings. The van der Waals surface area contributed by atoms with Crippen molar-refractivity contribution in [1.82, 2.24) is 20.4 Å². The number of nitrogens with zero attached hydrogens (tertiary/aromatic N) is 4. The van der Waals surface area contributed by atoms with Gasteiger partial charge in [-0.15, -0.1) is 0 Å². The van der Waals surface area contributed by atoms with E-state index in [1.165, 1.54) is 6.07 Å². The summed E-state index contributed by atoms with van der Waals surface area (Å²) in [4.78, 5) is 10.6. The van der Waals surface area contributed by atoms with Crippen molar-refractivity contribution in [1.29, 1.82) is 0 Å². The Hall–Kier alpha value is -2.00. The Kier molecular flexibility index (Phi) is 9.27. The highest BCUT2D eigenvalue weighted by atomic mass is 19.3. The van der Waals surface area contributed by atoms with Gasteiger partial charge in [-0.25, -0.2) is 13.2 Å². The number of piperazine rings is 1. The zero-order valence-electron chi connectivity index (χ0n) is 18.4. The third-order valence-corrected chi connectivity index (χ3v) is 6.06. The SMILES string of the molecule is CN=C(NCCCN1CCN(c2ccccc2F)CC1)NC1CCN(CC(F)F)CC1. The summed E-state index contributed by atoms with van der Waals surface area (Å²) in [6.07, 6.45) is 0.425. The van der Waals surface area contributed by atoms with Crippen LogP contribution in [-0.4, -0.2) is 94.2 Å². The van der Waals surface area contributed by atoms with Gasteiger partial charge in [-0.1, -0.05) is 12.1 Å². The van der Waals surface area contributed by atoms with Crippen LogP contribution in [0.25, 0.3) is 0 Å². The zero-order chi connectivity index (χ0) is 22.1. The van der Waals surface area contributed by atoms with Crippen LogP contribution >= 0.6 is 0 Å². The molecule has 0 radical (unpaired) electrons. The number of guanidine groups is 1. The largest absolute Gasteiger partial charge is 0.367 e. The number of alkyl halides is 2. The summed E-state index contributed by atoms with van der Waals surface area (Å²) in [6.45, 7) is 6.59. The number of rotatable bonds is 8. The average molecular weight is 441 g/mol. The standard InChI is InChI=1S/C22H35F3N6/c1-26-22(28-18-7-11-30(12-8-18)17-21(24)25)27-9-4-10-29-13-15-31(16-14-29)20-6-3-2-5-19(20)23/h2-3,5-6,18,21H,4,7-17H2,1H3,(H2,26,27,28). The predicted octanol–water partition coefficient (Wildman–Crippen LogP) is 2.23. The molecule has 2 saturated heterocycles. The van der Waals surface area contributed by atoms with E-state index in [0.717, 1.165) is 64.5 Å². The fourth-order valence-electron chi connectivity index (χ4n) is 4.27. The molecule has 0 saturated carbocycles. The molecular formula is C22H35F3N6. The minimum absolute atomic E-state index is 0.131. The highest BCUT2D eigenvalue weighted by molar-refractivity contribution is 5.79. The minimum atomic E-state index is -2.26. The first-order chi connectivity index (χ1) is 15.0. The normalized spacial score (nSPS) is 19.8. The monoisotopic (exact) mass is 440 g/mol. The lowest BCUT2D eigenvalue weighted by Crippen LogP contribution is -2.50. The van der Waals surface area contributed by atoms with Crippen molar-refractivity contribution in [3.63, 3.8) is 0 Å². The van der Waals surface area contributed by atoms with Gasteiger partial charge in [0.2, 0.25) is 0 Å². The molecule has 31 heavy (non-hydrogen) atoms. The van der Waals surface area contributed by atoms with Crippen molar-refractivity contribution < 1.29 is 13.2 Å². The summed E-state index contributed by atoms with van der Waals surface area (Å²) in [5.41, 5.74) is 0.693. The number of likely N-dealkylation sites (tertiary alicyclic amines) is 1. The number of anilines is 1. The number of hydrogen-bond donors (Lipinski definition) is 2. The van der Waals surface area contributed by atoms with Crippen LogP contribution in [0.15, 0.2) is 29.3 Å². The van der Waals surface area contributed by atoms with Crippen LogP contribution in [0.4, 0.5) is 18.9 Å². The van der Waals surface area contributed by atoms with Crippen LogP contribution in [-0.2, 0) is 0 Å². The topological polar surface area (TPSA) is 46.1 Å². The van der Waals surface area contributed by atoms with Gasteiger partial charge in [-0.05, 0) is 37.9 Å². The second-order valence-electron chi connectivity index (χ2n) is 8.24. The molecular weight excluding hydrogens is 405 g/mol. The molecule has 0 atom stereocenters. The first kappa shape index (κ1) is 23.7. The lowest BCUT2D eigenvalue weighted by atomic mass is 10.1. The highest BCUT2D eigenvalue weighted by Crippen LogP contribution is 2.20. The van der Waals surface area contributed by atoms with Gasteiger partial charge in [-0.3, -0.25) is 14.8 Å². The summed E-state index contributed by atoms with van der Waals surface area (Å²) in [7, 11) is 1.75. The van der Waals surface area contributed by atoms with Gasteiger partial charge in [0, 0.05) is 58.9 Å². The lowest BCUT2D eigenvalue weighted by Gasteiger charge is -2.36. The van der Waals surface area contributed by atoms with E-state index in [1.54, 1.807) is 13.1 Å². The van der Waals surface area contributed by atoms with Crippen LogP contribution in [0.3, 0.4) is 0 Å². The lowest BCUT2D eigenvalue weighted by molar-refractivity contribution is 0.0744. The fraction of sp³-hybridized carbons (Fsp3) is 0.682. The first-order valence-corrected chi connectivity index (χ1v) is 11.2. The molecule has 1 aromatic carbocycles. The Morgan fingerprint density at radius 1 is 1.06 bits per heavy atom. The molecule has 0 amide bonds. The third kappa shape index (κ3) is 7.57. The summed E-state index contributed by atoms with van der Waals surface area (Å²) in [5.74, 6) is 0.621. The van der Waals surface area contributed by atoms with E-state index in [1.807, 2.05) is 17.0 Å². The van der Waals surface area contributed by atoms with Gasteiger partial charge in [0.15, 0.2) is 5.96 Å². The van der Waals surface area contributed by atoms with E-state index in [9.17, 15) is 13.2 Å². The van der Waals surface area contributed by atoms with Gasteiger partial charge < -0.3 is 15.5 Å². The molecule has 0 spiro atoms. The third-order valence-electron chi connectivity index (χ3n) is 6.06.